The normalized spacial score (nSPS) is 13.0. The molecule has 4 nitrogen and oxygen atoms in total. The Hall–Kier alpha value is -3.47. The van der Waals surface area contributed by atoms with Crippen molar-refractivity contribution in [3.8, 4) is 22.3 Å². The lowest BCUT2D eigenvalue weighted by Gasteiger charge is -2.15. The van der Waals surface area contributed by atoms with Crippen LogP contribution < -0.4 is 5.32 Å². The Balaban J connectivity index is 1.81. The maximum Gasteiger partial charge on any atom is 0.251 e. The molecule has 1 aliphatic rings. The number of rotatable bonds is 2. The third-order valence-corrected chi connectivity index (χ3v) is 5.27. The van der Waals surface area contributed by atoms with Crippen molar-refractivity contribution in [1.82, 2.24) is 15.5 Å². The summed E-state index contributed by atoms with van der Waals surface area (Å²) in [6, 6.07) is 14.4. The van der Waals surface area contributed by atoms with E-state index in [2.05, 4.69) is 34.6 Å². The second kappa shape index (κ2) is 5.77. The van der Waals surface area contributed by atoms with Crippen LogP contribution in [0.1, 0.15) is 21.5 Å². The van der Waals surface area contributed by atoms with E-state index in [4.69, 9.17) is 0 Å². The van der Waals surface area contributed by atoms with Gasteiger partial charge in [0.2, 0.25) is 0 Å². The quantitative estimate of drug-likeness (QED) is 0.551. The lowest BCUT2D eigenvalue weighted by molar-refractivity contribution is 0.0966. The largest absolute Gasteiger partial charge is 0.348 e. The van der Waals surface area contributed by atoms with Crippen LogP contribution in [0.4, 0.5) is 4.39 Å². The Bertz CT molecular complexity index is 1210. The molecule has 0 unspecified atom stereocenters. The first kappa shape index (κ1) is 15.8. The van der Waals surface area contributed by atoms with E-state index in [9.17, 15) is 9.18 Å². The fourth-order valence-electron chi connectivity index (χ4n) is 3.81. The van der Waals surface area contributed by atoms with E-state index >= 15 is 0 Å². The number of benzene rings is 3. The first-order valence-electron chi connectivity index (χ1n) is 8.76. The van der Waals surface area contributed by atoms with E-state index < -0.39 is 0 Å². The van der Waals surface area contributed by atoms with Gasteiger partial charge < -0.3 is 5.32 Å². The highest BCUT2D eigenvalue weighted by atomic mass is 19.1. The number of halogens is 1. The number of carbonyl (C=O) groups excluding carboxylic acids is 1. The number of hydrogen-bond acceptors (Lipinski definition) is 2. The first-order valence-corrected chi connectivity index (χ1v) is 8.76. The minimum absolute atomic E-state index is 0.0677. The van der Waals surface area contributed by atoms with Gasteiger partial charge in [0.1, 0.15) is 5.82 Å². The van der Waals surface area contributed by atoms with Crippen LogP contribution in [0.2, 0.25) is 0 Å². The minimum Gasteiger partial charge on any atom is -0.348 e. The Labute approximate surface area is 155 Å². The van der Waals surface area contributed by atoms with Gasteiger partial charge in [-0.05, 0) is 70.6 Å². The van der Waals surface area contributed by atoms with Crippen LogP contribution in [0.5, 0.6) is 0 Å². The molecule has 1 amide bonds. The number of amides is 1. The lowest BCUT2D eigenvalue weighted by atomic mass is 9.88. The van der Waals surface area contributed by atoms with Crippen molar-refractivity contribution in [3.63, 3.8) is 0 Å². The van der Waals surface area contributed by atoms with Crippen molar-refractivity contribution in [3.05, 3.63) is 77.2 Å². The average Bonchev–Trinajstić information content (AvgIpc) is 3.29. The number of aromatic nitrogens is 2. The van der Waals surface area contributed by atoms with Gasteiger partial charge in [-0.25, -0.2) is 4.39 Å². The Kier molecular flexibility index (Phi) is 3.37. The number of aryl methyl sites for hydroxylation is 1. The van der Waals surface area contributed by atoms with E-state index in [0.29, 0.717) is 12.1 Å². The summed E-state index contributed by atoms with van der Waals surface area (Å²) < 4.78 is 13.4. The van der Waals surface area contributed by atoms with Crippen molar-refractivity contribution in [2.45, 2.75) is 13.5 Å². The second-order valence-electron chi connectivity index (χ2n) is 6.81. The number of fused-ring (bicyclic) bond motifs is 2. The molecule has 0 atom stereocenters. The van der Waals surface area contributed by atoms with Gasteiger partial charge in [-0.2, -0.15) is 5.10 Å². The Morgan fingerprint density at radius 2 is 1.78 bits per heavy atom. The number of hydrogen-bond donors (Lipinski definition) is 2. The number of nitrogens with one attached hydrogen (secondary N) is 2. The zero-order chi connectivity index (χ0) is 18.5. The zero-order valence-electron chi connectivity index (χ0n) is 14.6. The highest BCUT2D eigenvalue weighted by Gasteiger charge is 2.23. The Morgan fingerprint density at radius 3 is 2.59 bits per heavy atom. The molecule has 5 heteroatoms. The second-order valence-corrected chi connectivity index (χ2v) is 6.81. The first-order chi connectivity index (χ1) is 13.1. The predicted octanol–water partition coefficient (Wildman–Crippen LogP) is 4.59. The fourth-order valence-corrected chi connectivity index (χ4v) is 3.81. The topological polar surface area (TPSA) is 57.8 Å². The van der Waals surface area contributed by atoms with E-state index in [-0.39, 0.29) is 11.7 Å². The SMILES string of the molecule is Cc1c(-c2cc3c(cc2-c2ccc(F)cc2)C(=O)NC3)ccc2[nH]ncc12. The summed E-state index contributed by atoms with van der Waals surface area (Å²) in [5.74, 6) is -0.350. The number of aromatic amines is 1. The van der Waals surface area contributed by atoms with Gasteiger partial charge in [0.25, 0.3) is 5.91 Å². The summed E-state index contributed by atoms with van der Waals surface area (Å²) >= 11 is 0. The fraction of sp³-hybridized carbons (Fsp3) is 0.0909. The molecule has 1 aliphatic heterocycles. The molecule has 2 heterocycles. The molecule has 0 aliphatic carbocycles. The smallest absolute Gasteiger partial charge is 0.251 e. The van der Waals surface area contributed by atoms with E-state index in [1.54, 1.807) is 12.1 Å². The van der Waals surface area contributed by atoms with E-state index in [0.717, 1.165) is 44.3 Å². The summed E-state index contributed by atoms with van der Waals surface area (Å²) in [4.78, 5) is 12.2. The van der Waals surface area contributed by atoms with Crippen LogP contribution in [0.3, 0.4) is 0 Å². The molecule has 1 aromatic heterocycles. The molecule has 0 saturated heterocycles. The number of carbonyl (C=O) groups is 1. The predicted molar refractivity (Wildman–Crippen MR) is 103 cm³/mol. The molecule has 0 spiro atoms. The maximum absolute atomic E-state index is 13.4. The monoisotopic (exact) mass is 357 g/mol. The zero-order valence-corrected chi connectivity index (χ0v) is 14.6. The van der Waals surface area contributed by atoms with Crippen LogP contribution in [-0.2, 0) is 6.54 Å². The third-order valence-electron chi connectivity index (χ3n) is 5.27. The van der Waals surface area contributed by atoms with Crippen LogP contribution >= 0.6 is 0 Å². The van der Waals surface area contributed by atoms with Crippen LogP contribution in [0.25, 0.3) is 33.2 Å². The molecule has 0 saturated carbocycles. The molecule has 3 aromatic carbocycles. The molecule has 27 heavy (non-hydrogen) atoms. The van der Waals surface area contributed by atoms with Crippen molar-refractivity contribution >= 4 is 16.8 Å². The highest BCUT2D eigenvalue weighted by molar-refractivity contribution is 6.02. The van der Waals surface area contributed by atoms with Crippen LogP contribution in [-0.4, -0.2) is 16.1 Å². The van der Waals surface area contributed by atoms with Gasteiger partial charge in [-0.3, -0.25) is 9.89 Å². The standard InChI is InChI=1S/C22H16FN3O/c1-12-16(6-7-21-20(12)11-25-26-21)19-8-14-10-24-22(27)18(14)9-17(19)13-2-4-15(23)5-3-13/h2-9,11H,10H2,1H3,(H,24,27)(H,25,26). The van der Waals surface area contributed by atoms with Gasteiger partial charge in [0.15, 0.2) is 0 Å². The molecule has 4 aromatic rings. The summed E-state index contributed by atoms with van der Waals surface area (Å²) in [6.07, 6.45) is 1.82. The van der Waals surface area contributed by atoms with Crippen molar-refractivity contribution in [2.24, 2.45) is 0 Å². The molecule has 0 bridgehead atoms. The molecular weight excluding hydrogens is 341 g/mol. The molecule has 2 N–H and O–H groups in total. The lowest BCUT2D eigenvalue weighted by Crippen LogP contribution is -2.12. The maximum atomic E-state index is 13.4. The molecule has 0 fully saturated rings. The molecule has 5 rings (SSSR count). The van der Waals surface area contributed by atoms with Gasteiger partial charge >= 0.3 is 0 Å². The molecule has 132 valence electrons. The average molecular weight is 357 g/mol. The third kappa shape index (κ3) is 2.43. The van der Waals surface area contributed by atoms with Gasteiger partial charge in [0, 0.05) is 17.5 Å². The van der Waals surface area contributed by atoms with Crippen molar-refractivity contribution in [1.29, 1.82) is 0 Å². The van der Waals surface area contributed by atoms with Gasteiger partial charge in [-0.15, -0.1) is 0 Å². The molecular formula is C22H16FN3O. The van der Waals surface area contributed by atoms with Gasteiger partial charge in [0.05, 0.1) is 11.7 Å². The summed E-state index contributed by atoms with van der Waals surface area (Å²) in [6.45, 7) is 2.59. The van der Waals surface area contributed by atoms with Crippen molar-refractivity contribution in [2.75, 3.05) is 0 Å². The summed E-state index contributed by atoms with van der Waals surface area (Å²) in [5, 5.41) is 11.1. The highest BCUT2D eigenvalue weighted by Crippen LogP contribution is 2.39. The molecule has 0 radical (unpaired) electrons. The number of H-pyrrole nitrogens is 1. The minimum atomic E-state index is -0.282. The van der Waals surface area contributed by atoms with Gasteiger partial charge in [-0.1, -0.05) is 18.2 Å². The number of nitrogens with zero attached hydrogens (tertiary/aromatic N) is 1. The van der Waals surface area contributed by atoms with E-state index in [1.165, 1.54) is 12.1 Å². The van der Waals surface area contributed by atoms with Crippen LogP contribution in [0, 0.1) is 12.7 Å². The Morgan fingerprint density at radius 1 is 0.963 bits per heavy atom. The van der Waals surface area contributed by atoms with E-state index in [1.807, 2.05) is 18.3 Å². The summed E-state index contributed by atoms with van der Waals surface area (Å²) in [5.41, 5.74) is 7.65. The van der Waals surface area contributed by atoms with Crippen LogP contribution in [0.15, 0.2) is 54.7 Å². The summed E-state index contributed by atoms with van der Waals surface area (Å²) in [7, 11) is 0. The van der Waals surface area contributed by atoms with Crippen molar-refractivity contribution < 1.29 is 9.18 Å².